The maximum atomic E-state index is 11.6. The molecule has 0 aromatic heterocycles. The molecule has 1 aromatic carbocycles. The van der Waals surface area contributed by atoms with E-state index in [1.54, 1.807) is 20.8 Å². The molecule has 0 saturated carbocycles. The third-order valence-electron chi connectivity index (χ3n) is 2.04. The van der Waals surface area contributed by atoms with E-state index in [4.69, 9.17) is 4.74 Å². The Bertz CT molecular complexity index is 546. The van der Waals surface area contributed by atoms with Crippen LogP contribution in [0.3, 0.4) is 0 Å². The highest BCUT2D eigenvalue weighted by molar-refractivity contribution is 5.87. The van der Waals surface area contributed by atoms with E-state index in [1.165, 1.54) is 24.3 Å². The maximum absolute atomic E-state index is 11.6. The first-order valence-corrected chi connectivity index (χ1v) is 5.82. The number of nitro groups is 1. The van der Waals surface area contributed by atoms with E-state index in [-0.39, 0.29) is 11.4 Å². The summed E-state index contributed by atoms with van der Waals surface area (Å²) in [5.41, 5.74) is -0.0849. The second-order valence-electron chi connectivity index (χ2n) is 5.00. The zero-order chi connectivity index (χ0) is 15.3. The molecule has 0 aliphatic heterocycles. The Balaban J connectivity index is 2.87. The summed E-state index contributed by atoms with van der Waals surface area (Å²) in [5.74, 6) is -0.158. The zero-order valence-corrected chi connectivity index (χ0v) is 11.4. The summed E-state index contributed by atoms with van der Waals surface area (Å²) >= 11 is 0. The predicted octanol–water partition coefficient (Wildman–Crippen LogP) is 2.99. The van der Waals surface area contributed by atoms with Crippen LogP contribution in [0.2, 0.25) is 0 Å². The molecule has 0 aliphatic rings. The molecule has 0 radical (unpaired) electrons. The Labute approximate surface area is 116 Å². The van der Waals surface area contributed by atoms with Crippen molar-refractivity contribution in [1.82, 2.24) is 0 Å². The van der Waals surface area contributed by atoms with Gasteiger partial charge in [0.05, 0.1) is 10.6 Å². The van der Waals surface area contributed by atoms with Crippen molar-refractivity contribution < 1.29 is 19.6 Å². The van der Waals surface area contributed by atoms with Gasteiger partial charge in [0.25, 0.3) is 0 Å². The number of amides is 1. The van der Waals surface area contributed by atoms with E-state index in [2.05, 4.69) is 5.32 Å². The van der Waals surface area contributed by atoms with Crippen molar-refractivity contribution in [3.05, 3.63) is 40.1 Å². The van der Waals surface area contributed by atoms with E-state index < -0.39 is 16.6 Å². The number of benzene rings is 1. The highest BCUT2D eigenvalue weighted by Crippen LogP contribution is 2.25. The van der Waals surface area contributed by atoms with Gasteiger partial charge in [-0.3, -0.25) is 15.4 Å². The zero-order valence-electron chi connectivity index (χ0n) is 11.4. The van der Waals surface area contributed by atoms with Crippen LogP contribution < -0.4 is 5.32 Å². The van der Waals surface area contributed by atoms with Crippen LogP contribution in [0.5, 0.6) is 5.75 Å². The number of phenolic OH excluding ortho intramolecular Hbond substituents is 1. The molecule has 0 heterocycles. The number of carbonyl (C=O) groups is 1. The van der Waals surface area contributed by atoms with Crippen molar-refractivity contribution in [3.63, 3.8) is 0 Å². The van der Waals surface area contributed by atoms with Gasteiger partial charge in [0.1, 0.15) is 11.4 Å². The van der Waals surface area contributed by atoms with Crippen LogP contribution in [0.1, 0.15) is 26.3 Å². The van der Waals surface area contributed by atoms with Gasteiger partial charge < -0.3 is 9.84 Å². The van der Waals surface area contributed by atoms with Crippen LogP contribution in [0.15, 0.2) is 24.4 Å². The highest BCUT2D eigenvalue weighted by atomic mass is 16.6. The van der Waals surface area contributed by atoms with E-state index in [9.17, 15) is 20.0 Å². The number of hydrogen-bond acceptors (Lipinski definition) is 5. The van der Waals surface area contributed by atoms with Crippen LogP contribution in [-0.4, -0.2) is 21.7 Å². The summed E-state index contributed by atoms with van der Waals surface area (Å²) in [6, 6.07) is 4.21. The topological polar surface area (TPSA) is 102 Å². The van der Waals surface area contributed by atoms with Gasteiger partial charge in [-0.05, 0) is 38.5 Å². The third kappa shape index (κ3) is 5.38. The second-order valence-corrected chi connectivity index (χ2v) is 5.00. The SMILES string of the molecule is CC(C)(C)OC(=O)Nc1cc(/C=C/[N+](=O)[O-])ccc1O. The van der Waals surface area contributed by atoms with Gasteiger partial charge in [-0.25, -0.2) is 4.79 Å². The fourth-order valence-electron chi connectivity index (χ4n) is 1.32. The molecule has 1 rings (SSSR count). The first-order valence-electron chi connectivity index (χ1n) is 5.82. The minimum absolute atomic E-state index is 0.116. The summed E-state index contributed by atoms with van der Waals surface area (Å²) in [4.78, 5) is 21.2. The number of ether oxygens (including phenoxy) is 1. The molecule has 2 N–H and O–H groups in total. The lowest BCUT2D eigenvalue weighted by molar-refractivity contribution is -0.400. The number of nitrogens with zero attached hydrogens (tertiary/aromatic N) is 1. The summed E-state index contributed by atoms with van der Waals surface area (Å²) in [6.45, 7) is 5.13. The van der Waals surface area contributed by atoms with Crippen LogP contribution in [0.25, 0.3) is 6.08 Å². The largest absolute Gasteiger partial charge is 0.506 e. The molecule has 1 aromatic rings. The molecule has 0 bridgehead atoms. The number of hydrogen-bond donors (Lipinski definition) is 2. The number of aromatic hydroxyl groups is 1. The van der Waals surface area contributed by atoms with E-state index in [0.717, 1.165) is 6.20 Å². The maximum Gasteiger partial charge on any atom is 0.412 e. The average Bonchev–Trinajstić information content (AvgIpc) is 2.27. The number of anilines is 1. The Kier molecular flexibility index (Phi) is 4.68. The van der Waals surface area contributed by atoms with Gasteiger partial charge in [-0.2, -0.15) is 0 Å². The standard InChI is InChI=1S/C13H16N2O5/c1-13(2,3)20-12(17)14-10-8-9(4-5-11(10)16)6-7-15(18)19/h4-8,16H,1-3H3,(H,14,17)/b7-6+. The van der Waals surface area contributed by atoms with Crippen molar-refractivity contribution >= 4 is 17.9 Å². The van der Waals surface area contributed by atoms with Gasteiger partial charge in [-0.1, -0.05) is 6.07 Å². The summed E-state index contributed by atoms with van der Waals surface area (Å²) in [7, 11) is 0. The van der Waals surface area contributed by atoms with E-state index in [1.807, 2.05) is 0 Å². The molecular weight excluding hydrogens is 264 g/mol. The van der Waals surface area contributed by atoms with Crippen molar-refractivity contribution in [2.45, 2.75) is 26.4 Å². The van der Waals surface area contributed by atoms with Crippen LogP contribution >= 0.6 is 0 Å². The van der Waals surface area contributed by atoms with Crippen LogP contribution in [-0.2, 0) is 4.74 Å². The number of phenols is 1. The minimum Gasteiger partial charge on any atom is -0.506 e. The lowest BCUT2D eigenvalue weighted by Gasteiger charge is -2.20. The minimum atomic E-state index is -0.719. The number of rotatable bonds is 3. The second kappa shape index (κ2) is 6.05. The van der Waals surface area contributed by atoms with Gasteiger partial charge in [0.15, 0.2) is 0 Å². The predicted molar refractivity (Wildman–Crippen MR) is 74.0 cm³/mol. The Morgan fingerprint density at radius 3 is 2.65 bits per heavy atom. The lowest BCUT2D eigenvalue weighted by atomic mass is 10.2. The Hall–Kier alpha value is -2.57. The summed E-state index contributed by atoms with van der Waals surface area (Å²) in [5, 5.41) is 22.2. The number of nitrogens with one attached hydrogen (secondary N) is 1. The molecule has 0 fully saturated rings. The van der Waals surface area contributed by atoms with Crippen molar-refractivity contribution in [2.24, 2.45) is 0 Å². The molecule has 108 valence electrons. The van der Waals surface area contributed by atoms with Crippen molar-refractivity contribution in [1.29, 1.82) is 0 Å². The van der Waals surface area contributed by atoms with E-state index >= 15 is 0 Å². The van der Waals surface area contributed by atoms with Crippen molar-refractivity contribution in [3.8, 4) is 5.75 Å². The molecular formula is C13H16N2O5. The molecule has 0 atom stereocenters. The first-order chi connectivity index (χ1) is 9.17. The average molecular weight is 280 g/mol. The smallest absolute Gasteiger partial charge is 0.412 e. The molecule has 20 heavy (non-hydrogen) atoms. The first kappa shape index (κ1) is 15.5. The summed E-state index contributed by atoms with van der Waals surface area (Å²) < 4.78 is 5.05. The number of carbonyl (C=O) groups excluding carboxylic acids is 1. The van der Waals surface area contributed by atoms with Gasteiger partial charge >= 0.3 is 6.09 Å². The normalized spacial score (nSPS) is 11.3. The Morgan fingerprint density at radius 2 is 2.10 bits per heavy atom. The van der Waals surface area contributed by atoms with Crippen LogP contribution in [0.4, 0.5) is 10.5 Å². The van der Waals surface area contributed by atoms with Crippen LogP contribution in [0, 0.1) is 10.1 Å². The molecule has 0 unspecified atom stereocenters. The third-order valence-corrected chi connectivity index (χ3v) is 2.04. The van der Waals surface area contributed by atoms with Gasteiger partial charge in [0, 0.05) is 6.08 Å². The molecule has 7 heteroatoms. The lowest BCUT2D eigenvalue weighted by Crippen LogP contribution is -2.27. The molecule has 0 spiro atoms. The fourth-order valence-corrected chi connectivity index (χ4v) is 1.32. The highest BCUT2D eigenvalue weighted by Gasteiger charge is 2.17. The van der Waals surface area contributed by atoms with E-state index in [0.29, 0.717) is 5.56 Å². The molecule has 7 nitrogen and oxygen atoms in total. The van der Waals surface area contributed by atoms with Gasteiger partial charge in [-0.15, -0.1) is 0 Å². The summed E-state index contributed by atoms with van der Waals surface area (Å²) in [6.07, 6.45) is 1.30. The van der Waals surface area contributed by atoms with Crippen molar-refractivity contribution in [2.75, 3.05) is 5.32 Å². The monoisotopic (exact) mass is 280 g/mol. The van der Waals surface area contributed by atoms with Gasteiger partial charge in [0.2, 0.25) is 6.20 Å². The Morgan fingerprint density at radius 1 is 1.45 bits per heavy atom. The quantitative estimate of drug-likeness (QED) is 0.503. The fraction of sp³-hybridized carbons (Fsp3) is 0.308. The molecule has 0 aliphatic carbocycles. The molecule has 0 saturated heterocycles. The molecule has 1 amide bonds.